The summed E-state index contributed by atoms with van der Waals surface area (Å²) in [6.45, 7) is 4.63. The number of allylic oxidation sites excluding steroid dienone is 2. The molecule has 0 saturated heterocycles. The zero-order valence-corrected chi connectivity index (χ0v) is 18.7. The van der Waals surface area contributed by atoms with E-state index in [4.69, 9.17) is 0 Å². The Morgan fingerprint density at radius 3 is 2.00 bits per heavy atom. The van der Waals surface area contributed by atoms with Crippen molar-refractivity contribution in [1.82, 2.24) is 0 Å². The van der Waals surface area contributed by atoms with Gasteiger partial charge >= 0.3 is 0 Å². The van der Waals surface area contributed by atoms with Gasteiger partial charge in [-0.1, -0.05) is 90.2 Å². The molecular weight excluding hydrogens is 324 g/mol. The first kappa shape index (κ1) is 21.4. The Labute approximate surface area is 171 Å². The van der Waals surface area contributed by atoms with Crippen LogP contribution in [0.25, 0.3) is 0 Å². The van der Waals surface area contributed by atoms with E-state index in [-0.39, 0.29) is 0 Å². The Morgan fingerprint density at radius 2 is 1.33 bits per heavy atom. The summed E-state index contributed by atoms with van der Waals surface area (Å²) in [5.74, 6) is 4.34. The molecule has 3 aliphatic carbocycles. The fraction of sp³-hybridized carbons (Fsp3) is 0.926. The van der Waals surface area contributed by atoms with Crippen LogP contribution >= 0.6 is 0 Å². The van der Waals surface area contributed by atoms with E-state index in [2.05, 4.69) is 26.0 Å². The highest BCUT2D eigenvalue weighted by Gasteiger charge is 2.71. The summed E-state index contributed by atoms with van der Waals surface area (Å²) in [5.41, 5.74) is 0.841. The molecule has 0 heterocycles. The molecule has 0 amide bonds. The predicted octanol–water partition coefficient (Wildman–Crippen LogP) is 9.10. The number of unbranched alkanes of at least 4 members (excludes halogenated alkanes) is 10. The molecule has 0 spiro atoms. The molecule has 0 bridgehead atoms. The summed E-state index contributed by atoms with van der Waals surface area (Å²) in [6, 6.07) is 0. The molecule has 0 aromatic heterocycles. The van der Waals surface area contributed by atoms with Gasteiger partial charge in [-0.05, 0) is 80.5 Å². The highest BCUT2D eigenvalue weighted by molar-refractivity contribution is 5.20. The van der Waals surface area contributed by atoms with Crippen LogP contribution in [0.2, 0.25) is 0 Å². The van der Waals surface area contributed by atoms with Gasteiger partial charge in [0.1, 0.15) is 0 Å². The van der Waals surface area contributed by atoms with Crippen LogP contribution in [-0.4, -0.2) is 0 Å². The van der Waals surface area contributed by atoms with E-state index >= 15 is 0 Å². The molecule has 0 N–H and O–H groups in total. The smallest absolute Gasteiger partial charge is 0.0207 e. The average molecular weight is 373 g/mol. The van der Waals surface area contributed by atoms with Crippen molar-refractivity contribution in [2.75, 3.05) is 0 Å². The third-order valence-corrected chi connectivity index (χ3v) is 8.63. The maximum Gasteiger partial charge on any atom is -0.0207 e. The third-order valence-electron chi connectivity index (χ3n) is 8.63. The fourth-order valence-corrected chi connectivity index (χ4v) is 6.89. The van der Waals surface area contributed by atoms with Gasteiger partial charge in [-0.3, -0.25) is 0 Å². The largest absolute Gasteiger partial charge is 0.0883 e. The first-order valence-electron chi connectivity index (χ1n) is 13.0. The normalized spacial score (nSPS) is 34.7. The molecule has 0 aromatic rings. The van der Waals surface area contributed by atoms with E-state index in [1.165, 1.54) is 102 Å². The Bertz CT molecular complexity index is 423. The van der Waals surface area contributed by atoms with Crippen LogP contribution in [0.3, 0.4) is 0 Å². The lowest BCUT2D eigenvalue weighted by molar-refractivity contribution is 0.252. The minimum absolute atomic E-state index is 0.841. The van der Waals surface area contributed by atoms with Gasteiger partial charge in [-0.15, -0.1) is 0 Å². The van der Waals surface area contributed by atoms with Crippen LogP contribution < -0.4 is 0 Å². The van der Waals surface area contributed by atoms with Crippen LogP contribution in [-0.2, 0) is 0 Å². The number of rotatable bonds is 15. The zero-order chi connectivity index (χ0) is 19.0. The number of hydrogen-bond donors (Lipinski definition) is 0. The van der Waals surface area contributed by atoms with Gasteiger partial charge in [0.25, 0.3) is 0 Å². The summed E-state index contributed by atoms with van der Waals surface area (Å²) in [7, 11) is 0. The fourth-order valence-electron chi connectivity index (χ4n) is 6.89. The van der Waals surface area contributed by atoms with E-state index < -0.39 is 0 Å². The van der Waals surface area contributed by atoms with Gasteiger partial charge < -0.3 is 0 Å². The molecule has 3 fully saturated rings. The van der Waals surface area contributed by atoms with Crippen LogP contribution in [0, 0.1) is 29.1 Å². The summed E-state index contributed by atoms with van der Waals surface area (Å²) in [6.07, 6.45) is 31.8. The maximum atomic E-state index is 2.63. The van der Waals surface area contributed by atoms with E-state index in [1.807, 2.05) is 0 Å². The molecular formula is C27H48. The van der Waals surface area contributed by atoms with Gasteiger partial charge in [-0.2, -0.15) is 0 Å². The maximum absolute atomic E-state index is 2.63. The van der Waals surface area contributed by atoms with Crippen LogP contribution in [0.5, 0.6) is 0 Å². The second-order valence-electron chi connectivity index (χ2n) is 10.3. The van der Waals surface area contributed by atoms with Crippen molar-refractivity contribution in [3.8, 4) is 0 Å². The van der Waals surface area contributed by atoms with Gasteiger partial charge in [0.05, 0.1) is 0 Å². The molecule has 156 valence electrons. The van der Waals surface area contributed by atoms with E-state index in [0.717, 1.165) is 17.3 Å². The van der Waals surface area contributed by atoms with Crippen LogP contribution in [0.15, 0.2) is 12.2 Å². The molecule has 5 atom stereocenters. The predicted molar refractivity (Wildman–Crippen MR) is 120 cm³/mol. The monoisotopic (exact) mass is 372 g/mol. The Balaban J connectivity index is 1.35. The minimum atomic E-state index is 0.841. The standard InChI is InChI=1S/C27H48/c1-3-5-7-9-11-12-14-16-23-17-18-24(22-23)27(25-19-20-26(25)27)21-15-13-10-8-6-4-2/h14,16,23-26H,3-13,15,17-22H2,1-2H3/b16-14+/t23-,24?,25-,26+,27?/m1/s1. The van der Waals surface area contributed by atoms with Crippen molar-refractivity contribution in [2.24, 2.45) is 29.1 Å². The molecule has 27 heavy (non-hydrogen) atoms. The molecule has 0 nitrogen and oxygen atoms in total. The molecule has 3 saturated carbocycles. The van der Waals surface area contributed by atoms with Crippen molar-refractivity contribution >= 4 is 0 Å². The van der Waals surface area contributed by atoms with Crippen molar-refractivity contribution in [3.05, 3.63) is 12.2 Å². The SMILES string of the molecule is CCCCCCC/C=C/[C@@H]1CCC(C2(CCCCCCCC)[C@@H]3CC[C@@H]32)C1. The summed E-state index contributed by atoms with van der Waals surface area (Å²) in [4.78, 5) is 0. The summed E-state index contributed by atoms with van der Waals surface area (Å²) < 4.78 is 0. The molecule has 0 heteroatoms. The highest BCUT2D eigenvalue weighted by Crippen LogP contribution is 2.78. The lowest BCUT2D eigenvalue weighted by Gasteiger charge is -2.24. The Hall–Kier alpha value is -0.260. The van der Waals surface area contributed by atoms with Gasteiger partial charge in [0.15, 0.2) is 0 Å². The van der Waals surface area contributed by atoms with Gasteiger partial charge in [-0.25, -0.2) is 0 Å². The molecule has 0 aliphatic heterocycles. The van der Waals surface area contributed by atoms with Crippen molar-refractivity contribution in [3.63, 3.8) is 0 Å². The molecule has 3 aliphatic rings. The van der Waals surface area contributed by atoms with Gasteiger partial charge in [0.2, 0.25) is 0 Å². The average Bonchev–Trinajstić information content (AvgIpc) is 2.96. The lowest BCUT2D eigenvalue weighted by Crippen LogP contribution is -2.16. The third kappa shape index (κ3) is 5.42. The van der Waals surface area contributed by atoms with Crippen LogP contribution in [0.4, 0.5) is 0 Å². The molecule has 3 rings (SSSR count). The van der Waals surface area contributed by atoms with Crippen molar-refractivity contribution < 1.29 is 0 Å². The topological polar surface area (TPSA) is 0 Å². The van der Waals surface area contributed by atoms with Crippen molar-refractivity contribution in [1.29, 1.82) is 0 Å². The van der Waals surface area contributed by atoms with Crippen molar-refractivity contribution in [2.45, 2.75) is 129 Å². The van der Waals surface area contributed by atoms with E-state index in [0.29, 0.717) is 0 Å². The first-order valence-corrected chi connectivity index (χ1v) is 13.0. The highest BCUT2D eigenvalue weighted by atomic mass is 14.7. The second-order valence-corrected chi connectivity index (χ2v) is 10.3. The zero-order valence-electron chi connectivity index (χ0n) is 18.7. The Morgan fingerprint density at radius 1 is 0.704 bits per heavy atom. The minimum Gasteiger partial charge on any atom is -0.0883 e. The van der Waals surface area contributed by atoms with Gasteiger partial charge in [0, 0.05) is 0 Å². The quantitative estimate of drug-likeness (QED) is 0.198. The Kier molecular flexibility index (Phi) is 8.79. The van der Waals surface area contributed by atoms with Crippen LogP contribution in [0.1, 0.15) is 129 Å². The number of hydrogen-bond acceptors (Lipinski definition) is 0. The van der Waals surface area contributed by atoms with E-state index in [1.54, 1.807) is 25.7 Å². The first-order chi connectivity index (χ1) is 13.3. The van der Waals surface area contributed by atoms with E-state index in [9.17, 15) is 0 Å². The molecule has 2 unspecified atom stereocenters. The number of fused-ring (bicyclic) bond motifs is 1. The second kappa shape index (κ2) is 11.1. The molecule has 0 radical (unpaired) electrons. The lowest BCUT2D eigenvalue weighted by atomic mass is 9.80. The molecule has 0 aromatic carbocycles. The summed E-state index contributed by atoms with van der Waals surface area (Å²) in [5, 5.41) is 0. The summed E-state index contributed by atoms with van der Waals surface area (Å²) >= 11 is 0.